The minimum atomic E-state index is -0.939. The standard InChI is InChI=1S/C18H22N8O3/c1-8(2)5-12(14(19)27)23-18-24-16(13(15(20)28)17(29)25-18)22-10-3-4-11-9(6-10)7-21-26-11/h3-4,6-8,12H,5H2,1-2H3,(H2,19,27)(H2,20,28)(H,21,26)(H3,22,23,24,25,29). The monoisotopic (exact) mass is 398 g/mol. The Hall–Kier alpha value is -3.89. The van der Waals surface area contributed by atoms with Crippen molar-refractivity contribution in [1.29, 1.82) is 0 Å². The lowest BCUT2D eigenvalue weighted by atomic mass is 10.0. The molecule has 152 valence electrons. The molecule has 1 atom stereocenters. The fourth-order valence-corrected chi connectivity index (χ4v) is 2.90. The molecule has 2 aromatic heterocycles. The largest absolute Gasteiger partial charge is 0.368 e. The normalized spacial score (nSPS) is 12.1. The van der Waals surface area contributed by atoms with Crippen LogP contribution < -0.4 is 27.7 Å². The molecule has 0 saturated carbocycles. The van der Waals surface area contributed by atoms with Crippen LogP contribution in [0.15, 0.2) is 29.2 Å². The van der Waals surface area contributed by atoms with E-state index < -0.39 is 23.4 Å². The second kappa shape index (κ2) is 8.00. The van der Waals surface area contributed by atoms with Crippen LogP contribution in [-0.4, -0.2) is 38.0 Å². The van der Waals surface area contributed by atoms with E-state index >= 15 is 0 Å². The Labute approximate surface area is 165 Å². The third-order valence-electron chi connectivity index (χ3n) is 4.23. The predicted octanol–water partition coefficient (Wildman–Crippen LogP) is 0.801. The number of anilines is 3. The highest BCUT2D eigenvalue weighted by atomic mass is 16.2. The molecule has 0 aliphatic rings. The molecule has 2 amide bonds. The van der Waals surface area contributed by atoms with Gasteiger partial charge in [-0.15, -0.1) is 0 Å². The number of carbonyl (C=O) groups excluding carboxylic acids is 2. The maximum atomic E-state index is 12.4. The van der Waals surface area contributed by atoms with E-state index in [9.17, 15) is 14.4 Å². The van der Waals surface area contributed by atoms with E-state index in [0.29, 0.717) is 12.1 Å². The Bertz CT molecular complexity index is 1120. The van der Waals surface area contributed by atoms with Gasteiger partial charge in [-0.2, -0.15) is 10.1 Å². The fraction of sp³-hybridized carbons (Fsp3) is 0.278. The first kappa shape index (κ1) is 19.9. The molecule has 0 aliphatic heterocycles. The van der Waals surface area contributed by atoms with Crippen molar-refractivity contribution >= 4 is 40.2 Å². The zero-order valence-electron chi connectivity index (χ0n) is 15.9. The summed E-state index contributed by atoms with van der Waals surface area (Å²) < 4.78 is 0. The Morgan fingerprint density at radius 3 is 2.66 bits per heavy atom. The maximum Gasteiger partial charge on any atom is 0.267 e. The highest BCUT2D eigenvalue weighted by Crippen LogP contribution is 2.22. The number of hydrogen-bond acceptors (Lipinski definition) is 7. The minimum absolute atomic E-state index is 0.00339. The summed E-state index contributed by atoms with van der Waals surface area (Å²) in [5.41, 5.74) is 11.1. The number of aromatic amines is 2. The third kappa shape index (κ3) is 4.51. The number of rotatable bonds is 8. The van der Waals surface area contributed by atoms with E-state index in [1.807, 2.05) is 13.8 Å². The van der Waals surface area contributed by atoms with Gasteiger partial charge in [0.1, 0.15) is 11.6 Å². The van der Waals surface area contributed by atoms with Crippen molar-refractivity contribution in [3.05, 3.63) is 40.3 Å². The molecule has 29 heavy (non-hydrogen) atoms. The second-order valence-electron chi connectivity index (χ2n) is 7.03. The molecular formula is C18H22N8O3. The number of amides is 2. The Balaban J connectivity index is 1.98. The second-order valence-corrected chi connectivity index (χ2v) is 7.03. The number of fused-ring (bicyclic) bond motifs is 1. The summed E-state index contributed by atoms with van der Waals surface area (Å²) in [5, 5.41) is 13.3. The van der Waals surface area contributed by atoms with Crippen LogP contribution in [0.4, 0.5) is 17.5 Å². The lowest BCUT2D eigenvalue weighted by Gasteiger charge is -2.18. The van der Waals surface area contributed by atoms with Gasteiger partial charge in [0.15, 0.2) is 5.82 Å². The van der Waals surface area contributed by atoms with Crippen LogP contribution in [0, 0.1) is 5.92 Å². The Morgan fingerprint density at radius 2 is 2.00 bits per heavy atom. The summed E-state index contributed by atoms with van der Waals surface area (Å²) in [7, 11) is 0. The van der Waals surface area contributed by atoms with Gasteiger partial charge in [-0.3, -0.25) is 24.5 Å². The van der Waals surface area contributed by atoms with Crippen molar-refractivity contribution < 1.29 is 9.59 Å². The van der Waals surface area contributed by atoms with Crippen molar-refractivity contribution in [2.24, 2.45) is 17.4 Å². The van der Waals surface area contributed by atoms with Crippen LogP contribution in [0.5, 0.6) is 0 Å². The number of nitrogens with two attached hydrogens (primary N) is 2. The van der Waals surface area contributed by atoms with E-state index in [1.165, 1.54) is 0 Å². The van der Waals surface area contributed by atoms with Gasteiger partial charge in [0.2, 0.25) is 11.9 Å². The lowest BCUT2D eigenvalue weighted by Crippen LogP contribution is -2.38. The van der Waals surface area contributed by atoms with Crippen molar-refractivity contribution in [2.45, 2.75) is 26.3 Å². The molecule has 2 heterocycles. The molecule has 8 N–H and O–H groups in total. The van der Waals surface area contributed by atoms with Crippen LogP contribution in [0.1, 0.15) is 30.6 Å². The predicted molar refractivity (Wildman–Crippen MR) is 109 cm³/mol. The SMILES string of the molecule is CC(C)CC(Nc1nc(Nc2ccc3[nH]ncc3c2)c(C(N)=O)c(=O)[nH]1)C(N)=O. The fourth-order valence-electron chi connectivity index (χ4n) is 2.90. The van der Waals surface area contributed by atoms with Crippen molar-refractivity contribution in [2.75, 3.05) is 10.6 Å². The minimum Gasteiger partial charge on any atom is -0.368 e. The van der Waals surface area contributed by atoms with Gasteiger partial charge in [-0.25, -0.2) is 0 Å². The highest BCUT2D eigenvalue weighted by molar-refractivity contribution is 5.98. The summed E-state index contributed by atoms with van der Waals surface area (Å²) >= 11 is 0. The summed E-state index contributed by atoms with van der Waals surface area (Å²) in [6.07, 6.45) is 2.08. The van der Waals surface area contributed by atoms with Crippen molar-refractivity contribution in [3.63, 3.8) is 0 Å². The summed E-state index contributed by atoms with van der Waals surface area (Å²) in [4.78, 5) is 42.6. The maximum absolute atomic E-state index is 12.4. The molecule has 11 nitrogen and oxygen atoms in total. The van der Waals surface area contributed by atoms with Gasteiger partial charge < -0.3 is 22.1 Å². The molecule has 0 fully saturated rings. The average molecular weight is 398 g/mol. The first-order valence-corrected chi connectivity index (χ1v) is 8.94. The van der Waals surface area contributed by atoms with E-state index in [1.54, 1.807) is 24.4 Å². The van der Waals surface area contributed by atoms with Crippen LogP contribution >= 0.6 is 0 Å². The molecule has 3 rings (SSSR count). The smallest absolute Gasteiger partial charge is 0.267 e. The average Bonchev–Trinajstić information content (AvgIpc) is 3.07. The topological polar surface area (TPSA) is 185 Å². The first-order chi connectivity index (χ1) is 13.7. The number of nitrogens with zero attached hydrogens (tertiary/aromatic N) is 2. The number of carbonyl (C=O) groups is 2. The van der Waals surface area contributed by atoms with Crippen LogP contribution in [-0.2, 0) is 4.79 Å². The number of benzene rings is 1. The number of primary amides is 2. The summed E-state index contributed by atoms with van der Waals surface area (Å²) in [5.74, 6) is -1.39. The van der Waals surface area contributed by atoms with E-state index in [2.05, 4.69) is 30.8 Å². The van der Waals surface area contributed by atoms with E-state index in [4.69, 9.17) is 11.5 Å². The number of H-pyrrole nitrogens is 2. The summed E-state index contributed by atoms with van der Waals surface area (Å²) in [6.45, 7) is 3.87. The Kier molecular flexibility index (Phi) is 5.48. The van der Waals surface area contributed by atoms with E-state index in [-0.39, 0.29) is 23.2 Å². The van der Waals surface area contributed by atoms with Gasteiger partial charge in [0, 0.05) is 11.1 Å². The zero-order valence-corrected chi connectivity index (χ0v) is 15.9. The molecule has 0 bridgehead atoms. The van der Waals surface area contributed by atoms with Gasteiger partial charge in [-0.05, 0) is 30.5 Å². The third-order valence-corrected chi connectivity index (χ3v) is 4.23. The molecular weight excluding hydrogens is 376 g/mol. The number of hydrogen-bond donors (Lipinski definition) is 6. The molecule has 1 aromatic carbocycles. The Morgan fingerprint density at radius 1 is 1.24 bits per heavy atom. The molecule has 3 aromatic rings. The van der Waals surface area contributed by atoms with Crippen LogP contribution in [0.2, 0.25) is 0 Å². The number of aromatic nitrogens is 4. The van der Waals surface area contributed by atoms with Gasteiger partial charge in [0.05, 0.1) is 11.7 Å². The van der Waals surface area contributed by atoms with Gasteiger partial charge >= 0.3 is 0 Å². The molecule has 0 spiro atoms. The molecule has 1 unspecified atom stereocenters. The lowest BCUT2D eigenvalue weighted by molar-refractivity contribution is -0.119. The zero-order chi connectivity index (χ0) is 21.1. The van der Waals surface area contributed by atoms with Gasteiger partial charge in [-0.1, -0.05) is 13.8 Å². The first-order valence-electron chi connectivity index (χ1n) is 8.94. The van der Waals surface area contributed by atoms with E-state index in [0.717, 1.165) is 10.9 Å². The van der Waals surface area contributed by atoms with Crippen molar-refractivity contribution in [1.82, 2.24) is 20.2 Å². The van der Waals surface area contributed by atoms with Gasteiger partial charge in [0.25, 0.3) is 11.5 Å². The molecule has 0 saturated heterocycles. The number of nitrogens with one attached hydrogen (secondary N) is 4. The van der Waals surface area contributed by atoms with Crippen molar-refractivity contribution in [3.8, 4) is 0 Å². The van der Waals surface area contributed by atoms with Crippen LogP contribution in [0.3, 0.4) is 0 Å². The van der Waals surface area contributed by atoms with Crippen LogP contribution in [0.25, 0.3) is 10.9 Å². The summed E-state index contributed by atoms with van der Waals surface area (Å²) in [6, 6.07) is 4.54. The quantitative estimate of drug-likeness (QED) is 0.324. The molecule has 11 heteroatoms. The molecule has 0 radical (unpaired) electrons. The molecule has 0 aliphatic carbocycles. The highest BCUT2D eigenvalue weighted by Gasteiger charge is 2.21.